The Morgan fingerprint density at radius 2 is 1.28 bits per heavy atom. The van der Waals surface area contributed by atoms with E-state index < -0.39 is 95.9 Å². The van der Waals surface area contributed by atoms with Gasteiger partial charge in [-0.3, -0.25) is 23.2 Å². The number of ether oxygens (including phenoxy) is 3. The van der Waals surface area contributed by atoms with Crippen molar-refractivity contribution in [2.75, 3.05) is 25.6 Å². The van der Waals surface area contributed by atoms with Gasteiger partial charge in [-0.2, -0.15) is 9.29 Å². The monoisotopic (exact) mass is 1110 g/mol. The molecule has 75 heavy (non-hydrogen) atoms. The molecule has 1 aliphatic rings. The maximum absolute atomic E-state index is 12.9. The van der Waals surface area contributed by atoms with E-state index >= 15 is 0 Å². The number of anilines is 1. The number of rotatable bonds is 45. The standard InChI is InChI=1S/C53H93N3O17P2/c1-4-5-6-7-8-9-10-17-20-23-26-29-33-44(57)45(58)34-31-36-49(60)71-43(39-68-48(59)35-30-27-24-21-18-15-13-11-12-14-16-19-22-25-28-32-42(2)3)40-69-74(64,65)73-75(66,67)70-41-46-50(61)51(62)52(72-46)56-38-37-47(54)55-53(56)63/h8-9,17,20,26,29,37-38,42-46,50-52,57-58,61-62H,4-7,10-16,18-19,21-25,27-28,30-36,39-41H2,1-3H3,(H,64,65)(H,66,67)(H2,54,55,63)/b9-8-,20-17-,29-26-/t43-,44?,45?,46-,50-,51-,52-/m1/s1. The first-order valence-electron chi connectivity index (χ1n) is 27.5. The van der Waals surface area contributed by atoms with Crippen LogP contribution < -0.4 is 11.4 Å². The number of phosphoric ester groups is 2. The summed E-state index contributed by atoms with van der Waals surface area (Å²) in [7, 11) is -11.0. The van der Waals surface area contributed by atoms with E-state index in [0.29, 0.717) is 12.8 Å². The van der Waals surface area contributed by atoms with E-state index in [-0.39, 0.29) is 37.9 Å². The number of carbonyl (C=O) groups excluding carboxylic acids is 2. The fourth-order valence-electron chi connectivity index (χ4n) is 8.19. The maximum atomic E-state index is 12.9. The molecule has 0 aliphatic carbocycles. The van der Waals surface area contributed by atoms with Gasteiger partial charge in [0.15, 0.2) is 12.3 Å². The Bertz CT molecular complexity index is 1950. The summed E-state index contributed by atoms with van der Waals surface area (Å²) in [6.45, 7) is 4.19. The predicted molar refractivity (Wildman–Crippen MR) is 287 cm³/mol. The Balaban J connectivity index is 1.84. The van der Waals surface area contributed by atoms with E-state index in [1.165, 1.54) is 96.0 Å². The van der Waals surface area contributed by atoms with Crippen molar-refractivity contribution in [1.82, 2.24) is 9.55 Å². The third kappa shape index (κ3) is 33.1. The highest BCUT2D eigenvalue weighted by atomic mass is 31.3. The van der Waals surface area contributed by atoms with E-state index in [1.807, 2.05) is 12.2 Å². The van der Waals surface area contributed by atoms with E-state index in [0.717, 1.165) is 55.2 Å². The number of nitrogens with zero attached hydrogens (tertiary/aromatic N) is 2. The molecule has 4 unspecified atom stereocenters. The molecule has 0 amide bonds. The molecular formula is C53H93N3O17P2. The van der Waals surface area contributed by atoms with Crippen LogP contribution in [0.3, 0.4) is 0 Å². The van der Waals surface area contributed by atoms with E-state index in [2.05, 4.69) is 48.3 Å². The Hall–Kier alpha value is -3.10. The van der Waals surface area contributed by atoms with E-state index in [1.54, 1.807) is 6.08 Å². The van der Waals surface area contributed by atoms with Crippen molar-refractivity contribution in [3.63, 3.8) is 0 Å². The van der Waals surface area contributed by atoms with Gasteiger partial charge in [-0.15, -0.1) is 0 Å². The average molecular weight is 1110 g/mol. The van der Waals surface area contributed by atoms with Crippen LogP contribution >= 0.6 is 15.6 Å². The summed E-state index contributed by atoms with van der Waals surface area (Å²) in [5.74, 6) is -0.796. The number of allylic oxidation sites excluding steroid dienone is 5. The highest BCUT2D eigenvalue weighted by molar-refractivity contribution is 7.61. The third-order valence-corrected chi connectivity index (χ3v) is 15.2. The van der Waals surface area contributed by atoms with Crippen LogP contribution in [0.4, 0.5) is 5.82 Å². The van der Waals surface area contributed by atoms with E-state index in [9.17, 15) is 53.7 Å². The topological polar surface area (TPSA) is 306 Å². The molecule has 0 spiro atoms. The number of carbonyl (C=O) groups is 2. The molecule has 0 radical (unpaired) electrons. The van der Waals surface area contributed by atoms with Crippen LogP contribution in [0.25, 0.3) is 0 Å². The number of aromatic nitrogens is 2. The largest absolute Gasteiger partial charge is 0.481 e. The molecule has 20 nitrogen and oxygen atoms in total. The summed E-state index contributed by atoms with van der Waals surface area (Å²) in [5, 5.41) is 41.9. The number of hydrogen-bond acceptors (Lipinski definition) is 17. The lowest BCUT2D eigenvalue weighted by Crippen LogP contribution is -2.36. The zero-order valence-corrected chi connectivity index (χ0v) is 46.8. The first-order chi connectivity index (χ1) is 35.8. The normalized spacial score (nSPS) is 20.0. The molecule has 1 aliphatic heterocycles. The quantitative estimate of drug-likeness (QED) is 0.0138. The smallest absolute Gasteiger partial charge is 0.462 e. The molecule has 8 N–H and O–H groups in total. The summed E-state index contributed by atoms with van der Waals surface area (Å²) in [4.78, 5) is 62.1. The number of phosphoric acid groups is 2. The number of nitrogens with two attached hydrogens (primary N) is 1. The van der Waals surface area contributed by atoms with Crippen LogP contribution in [0.5, 0.6) is 0 Å². The fourth-order valence-corrected chi connectivity index (χ4v) is 10.3. The van der Waals surface area contributed by atoms with Gasteiger partial charge in [0.25, 0.3) is 0 Å². The van der Waals surface area contributed by atoms with Crippen molar-refractivity contribution >= 4 is 33.4 Å². The summed E-state index contributed by atoms with van der Waals surface area (Å²) < 4.78 is 56.7. The molecular weight excluding hydrogens is 1010 g/mol. The number of esters is 2. The first kappa shape index (κ1) is 68.0. The van der Waals surface area contributed by atoms with Gasteiger partial charge in [-0.05, 0) is 63.4 Å². The van der Waals surface area contributed by atoms with Crippen molar-refractivity contribution in [3.8, 4) is 0 Å². The number of aliphatic hydroxyl groups is 4. The lowest BCUT2D eigenvalue weighted by atomic mass is 10.0. The number of aliphatic hydroxyl groups excluding tert-OH is 4. The third-order valence-electron chi connectivity index (χ3n) is 12.6. The maximum Gasteiger partial charge on any atom is 0.481 e. The van der Waals surface area contributed by atoms with E-state index in [4.69, 9.17) is 29.0 Å². The molecule has 432 valence electrons. The van der Waals surface area contributed by atoms with Gasteiger partial charge in [-0.25, -0.2) is 13.9 Å². The van der Waals surface area contributed by atoms with Gasteiger partial charge in [0.1, 0.15) is 30.7 Å². The minimum absolute atomic E-state index is 0.0365. The van der Waals surface area contributed by atoms with Crippen LogP contribution in [0.15, 0.2) is 53.5 Å². The van der Waals surface area contributed by atoms with Crippen molar-refractivity contribution in [1.29, 1.82) is 0 Å². The number of unbranched alkanes of at least 4 members (excludes halogenated alkanes) is 17. The fraction of sp³-hybridized carbons (Fsp3) is 0.774. The summed E-state index contributed by atoms with van der Waals surface area (Å²) >= 11 is 0. The van der Waals surface area contributed by atoms with Crippen LogP contribution in [-0.2, 0) is 46.3 Å². The summed E-state index contributed by atoms with van der Waals surface area (Å²) in [6.07, 6.45) is 28.1. The first-order valence-corrected chi connectivity index (χ1v) is 30.5. The molecule has 2 rings (SSSR count). The number of hydrogen-bond donors (Lipinski definition) is 7. The van der Waals surface area contributed by atoms with Crippen molar-refractivity contribution in [3.05, 3.63) is 59.2 Å². The molecule has 1 fully saturated rings. The van der Waals surface area contributed by atoms with Gasteiger partial charge in [0, 0.05) is 19.0 Å². The van der Waals surface area contributed by atoms with Gasteiger partial charge < -0.3 is 50.2 Å². The zero-order valence-electron chi connectivity index (χ0n) is 45.0. The van der Waals surface area contributed by atoms with Crippen LogP contribution in [0, 0.1) is 5.92 Å². The Labute approximate surface area is 445 Å². The molecule has 22 heteroatoms. The second kappa shape index (κ2) is 40.1. The van der Waals surface area contributed by atoms with Crippen LogP contribution in [0.2, 0.25) is 0 Å². The molecule has 0 aromatic carbocycles. The SMILES string of the molecule is CCCCC/C=C\C/C=C\C/C=C\CC(O)C(O)CCCC(=O)O[C@H](COC(=O)CCCCCCCCCCCCCCCCCC(C)C)COP(=O)(O)OP(=O)(O)OC[C@H]1O[C@@H](n2ccc(N)nc2=O)[C@H](O)[C@@H]1O. The number of nitrogen functional groups attached to an aromatic ring is 1. The van der Waals surface area contributed by atoms with Gasteiger partial charge >= 0.3 is 33.3 Å². The summed E-state index contributed by atoms with van der Waals surface area (Å²) in [5.41, 5.74) is 4.57. The van der Waals surface area contributed by atoms with Gasteiger partial charge in [0.2, 0.25) is 0 Å². The van der Waals surface area contributed by atoms with Crippen LogP contribution in [-0.4, -0.2) is 108 Å². The van der Waals surface area contributed by atoms with Crippen LogP contribution in [0.1, 0.15) is 200 Å². The highest BCUT2D eigenvalue weighted by Crippen LogP contribution is 2.60. The second-order valence-electron chi connectivity index (χ2n) is 19.9. The van der Waals surface area contributed by atoms with Gasteiger partial charge in [0.05, 0.1) is 25.4 Å². The lowest BCUT2D eigenvalue weighted by molar-refractivity contribution is -0.161. The van der Waals surface area contributed by atoms with Crippen molar-refractivity contribution in [2.24, 2.45) is 5.92 Å². The Kier molecular flexibility index (Phi) is 36.4. The molecule has 0 bridgehead atoms. The van der Waals surface area contributed by atoms with Crippen molar-refractivity contribution in [2.45, 2.75) is 237 Å². The highest BCUT2D eigenvalue weighted by Gasteiger charge is 2.46. The zero-order chi connectivity index (χ0) is 55.3. The average Bonchev–Trinajstić information content (AvgIpc) is 3.63. The molecule has 0 saturated carbocycles. The van der Waals surface area contributed by atoms with Crippen molar-refractivity contribution < 1.29 is 76.5 Å². The Morgan fingerprint density at radius 1 is 0.720 bits per heavy atom. The molecule has 1 saturated heterocycles. The molecule has 9 atom stereocenters. The molecule has 1 aromatic rings. The van der Waals surface area contributed by atoms with Gasteiger partial charge in [-0.1, -0.05) is 166 Å². The molecule has 2 heterocycles. The summed E-state index contributed by atoms with van der Waals surface area (Å²) in [6, 6.07) is 1.23. The Morgan fingerprint density at radius 3 is 1.88 bits per heavy atom. The predicted octanol–water partition coefficient (Wildman–Crippen LogP) is 9.75. The minimum Gasteiger partial charge on any atom is -0.462 e. The molecule has 1 aromatic heterocycles. The lowest BCUT2D eigenvalue weighted by Gasteiger charge is -2.22. The minimum atomic E-state index is -5.50. The second-order valence-corrected chi connectivity index (χ2v) is 22.9.